The minimum atomic E-state index is -3.54. The van der Waals surface area contributed by atoms with E-state index in [1.54, 1.807) is 4.90 Å². The molecule has 4 rings (SSSR count). The standard InChI is InChI=1S/C26H26FNO3S/c27-22-11-13-23(14-12-22)32(30,31)24-15-17-28(18-16-24)26(29)19-25(20-7-3-1-4-8-20)21-9-5-2-6-10-21/h1-14,24-25H,15-19H2. The van der Waals surface area contributed by atoms with Gasteiger partial charge in [-0.1, -0.05) is 60.7 Å². The Hall–Kier alpha value is -2.99. The fraction of sp³-hybridized carbons (Fsp3) is 0.269. The van der Waals surface area contributed by atoms with E-state index in [1.165, 1.54) is 24.3 Å². The van der Waals surface area contributed by atoms with E-state index >= 15 is 0 Å². The maximum absolute atomic E-state index is 13.2. The normalized spacial score (nSPS) is 15.1. The average Bonchev–Trinajstić information content (AvgIpc) is 2.84. The van der Waals surface area contributed by atoms with Crippen molar-refractivity contribution in [2.75, 3.05) is 13.1 Å². The van der Waals surface area contributed by atoms with Crippen LogP contribution in [0.3, 0.4) is 0 Å². The Morgan fingerprint density at radius 1 is 0.844 bits per heavy atom. The van der Waals surface area contributed by atoms with Gasteiger partial charge in [-0.3, -0.25) is 4.79 Å². The van der Waals surface area contributed by atoms with Gasteiger partial charge < -0.3 is 4.90 Å². The second kappa shape index (κ2) is 9.65. The molecule has 3 aromatic carbocycles. The molecule has 1 aliphatic heterocycles. The molecule has 6 heteroatoms. The fourth-order valence-electron chi connectivity index (χ4n) is 4.33. The molecular weight excluding hydrogens is 425 g/mol. The molecule has 1 heterocycles. The van der Waals surface area contributed by atoms with Crippen molar-refractivity contribution in [1.82, 2.24) is 4.90 Å². The topological polar surface area (TPSA) is 54.5 Å². The van der Waals surface area contributed by atoms with Crippen LogP contribution in [0, 0.1) is 5.82 Å². The van der Waals surface area contributed by atoms with Crippen molar-refractivity contribution in [3.05, 3.63) is 102 Å². The number of benzene rings is 3. The van der Waals surface area contributed by atoms with Crippen molar-refractivity contribution >= 4 is 15.7 Å². The lowest BCUT2D eigenvalue weighted by Crippen LogP contribution is -2.42. The van der Waals surface area contributed by atoms with Gasteiger partial charge >= 0.3 is 0 Å². The highest BCUT2D eigenvalue weighted by Crippen LogP contribution is 2.30. The number of hydrogen-bond acceptors (Lipinski definition) is 3. The molecule has 0 atom stereocenters. The monoisotopic (exact) mass is 451 g/mol. The lowest BCUT2D eigenvalue weighted by molar-refractivity contribution is -0.132. The molecule has 1 amide bonds. The van der Waals surface area contributed by atoms with Crippen LogP contribution in [0.5, 0.6) is 0 Å². The second-order valence-corrected chi connectivity index (χ2v) is 10.4. The van der Waals surface area contributed by atoms with E-state index in [2.05, 4.69) is 0 Å². The van der Waals surface area contributed by atoms with E-state index in [0.717, 1.165) is 11.1 Å². The zero-order valence-corrected chi connectivity index (χ0v) is 18.5. The Labute approximate surface area is 188 Å². The summed E-state index contributed by atoms with van der Waals surface area (Å²) in [6, 6.07) is 24.9. The van der Waals surface area contributed by atoms with Crippen LogP contribution < -0.4 is 0 Å². The molecular formula is C26H26FNO3S. The van der Waals surface area contributed by atoms with Gasteiger partial charge in [0.1, 0.15) is 5.82 Å². The van der Waals surface area contributed by atoms with Gasteiger partial charge in [0, 0.05) is 25.4 Å². The third-order valence-electron chi connectivity index (χ3n) is 6.16. The number of piperidine rings is 1. The molecule has 0 saturated carbocycles. The van der Waals surface area contributed by atoms with Crippen LogP contribution >= 0.6 is 0 Å². The van der Waals surface area contributed by atoms with Crippen molar-refractivity contribution in [3.8, 4) is 0 Å². The highest BCUT2D eigenvalue weighted by atomic mass is 32.2. The summed E-state index contributed by atoms with van der Waals surface area (Å²) in [5, 5.41) is -0.559. The van der Waals surface area contributed by atoms with Crippen LogP contribution in [0.4, 0.5) is 4.39 Å². The number of carbonyl (C=O) groups excluding carboxylic acids is 1. The molecule has 0 radical (unpaired) electrons. The summed E-state index contributed by atoms with van der Waals surface area (Å²) >= 11 is 0. The van der Waals surface area contributed by atoms with Gasteiger partial charge in [0.15, 0.2) is 9.84 Å². The van der Waals surface area contributed by atoms with Crippen molar-refractivity contribution < 1.29 is 17.6 Å². The lowest BCUT2D eigenvalue weighted by Gasteiger charge is -2.33. The van der Waals surface area contributed by atoms with Gasteiger partial charge in [0.2, 0.25) is 5.91 Å². The van der Waals surface area contributed by atoms with E-state index in [0.29, 0.717) is 32.4 Å². The number of sulfone groups is 1. The van der Waals surface area contributed by atoms with Crippen LogP contribution in [0.25, 0.3) is 0 Å². The molecule has 0 bridgehead atoms. The van der Waals surface area contributed by atoms with Crippen LogP contribution in [0.2, 0.25) is 0 Å². The Kier molecular flexibility index (Phi) is 6.70. The zero-order valence-electron chi connectivity index (χ0n) is 17.7. The summed E-state index contributed by atoms with van der Waals surface area (Å²) in [6.07, 6.45) is 1.10. The zero-order chi connectivity index (χ0) is 22.6. The van der Waals surface area contributed by atoms with E-state index in [4.69, 9.17) is 0 Å². The molecule has 0 unspecified atom stereocenters. The minimum Gasteiger partial charge on any atom is -0.343 e. The smallest absolute Gasteiger partial charge is 0.223 e. The number of halogens is 1. The molecule has 0 N–H and O–H groups in total. The largest absolute Gasteiger partial charge is 0.343 e. The highest BCUT2D eigenvalue weighted by molar-refractivity contribution is 7.92. The van der Waals surface area contributed by atoms with E-state index < -0.39 is 20.9 Å². The van der Waals surface area contributed by atoms with Gasteiger partial charge in [0.05, 0.1) is 10.1 Å². The molecule has 1 aliphatic rings. The Morgan fingerprint density at radius 3 is 1.84 bits per heavy atom. The number of rotatable bonds is 6. The van der Waals surface area contributed by atoms with Crippen LogP contribution in [0.1, 0.15) is 36.3 Å². The summed E-state index contributed by atoms with van der Waals surface area (Å²) in [5.74, 6) is -0.485. The van der Waals surface area contributed by atoms with Gasteiger partial charge in [-0.15, -0.1) is 0 Å². The van der Waals surface area contributed by atoms with Crippen molar-refractivity contribution in [3.63, 3.8) is 0 Å². The molecule has 0 spiro atoms. The van der Waals surface area contributed by atoms with Gasteiger partial charge in [0.25, 0.3) is 0 Å². The fourth-order valence-corrected chi connectivity index (χ4v) is 6.07. The van der Waals surface area contributed by atoms with Gasteiger partial charge in [-0.25, -0.2) is 12.8 Å². The first-order valence-electron chi connectivity index (χ1n) is 10.8. The first-order valence-corrected chi connectivity index (χ1v) is 12.4. The summed E-state index contributed by atoms with van der Waals surface area (Å²) in [6.45, 7) is 0.806. The lowest BCUT2D eigenvalue weighted by atomic mass is 9.88. The Bertz CT molecular complexity index is 1100. The van der Waals surface area contributed by atoms with Crippen molar-refractivity contribution in [2.45, 2.75) is 35.3 Å². The molecule has 0 aliphatic carbocycles. The highest BCUT2D eigenvalue weighted by Gasteiger charge is 2.33. The van der Waals surface area contributed by atoms with Gasteiger partial charge in [-0.05, 0) is 48.2 Å². The second-order valence-electron chi connectivity index (χ2n) is 8.16. The summed E-state index contributed by atoms with van der Waals surface area (Å²) < 4.78 is 39.0. The van der Waals surface area contributed by atoms with Crippen LogP contribution in [-0.2, 0) is 14.6 Å². The van der Waals surface area contributed by atoms with Gasteiger partial charge in [-0.2, -0.15) is 0 Å². The first-order chi connectivity index (χ1) is 15.4. The predicted molar refractivity (Wildman–Crippen MR) is 123 cm³/mol. The van der Waals surface area contributed by atoms with Crippen molar-refractivity contribution in [2.24, 2.45) is 0 Å². The number of likely N-dealkylation sites (tertiary alicyclic amines) is 1. The quantitative estimate of drug-likeness (QED) is 0.505. The number of amides is 1. The molecule has 166 valence electrons. The Balaban J connectivity index is 1.44. The van der Waals surface area contributed by atoms with Crippen molar-refractivity contribution in [1.29, 1.82) is 0 Å². The minimum absolute atomic E-state index is 0.0281. The maximum atomic E-state index is 13.2. The molecule has 1 fully saturated rings. The molecule has 0 aromatic heterocycles. The Morgan fingerprint density at radius 2 is 1.34 bits per heavy atom. The summed E-state index contributed by atoms with van der Waals surface area (Å²) in [5.41, 5.74) is 2.17. The average molecular weight is 452 g/mol. The SMILES string of the molecule is O=C(CC(c1ccccc1)c1ccccc1)N1CCC(S(=O)(=O)c2ccc(F)cc2)CC1. The van der Waals surface area contributed by atoms with Crippen LogP contribution in [-0.4, -0.2) is 37.6 Å². The molecule has 32 heavy (non-hydrogen) atoms. The van der Waals surface area contributed by atoms with Crippen LogP contribution in [0.15, 0.2) is 89.8 Å². The number of hydrogen-bond donors (Lipinski definition) is 0. The number of carbonyl (C=O) groups is 1. The number of nitrogens with zero attached hydrogens (tertiary/aromatic N) is 1. The van der Waals surface area contributed by atoms with E-state index in [9.17, 15) is 17.6 Å². The maximum Gasteiger partial charge on any atom is 0.223 e. The first kappa shape index (κ1) is 22.2. The third-order valence-corrected chi connectivity index (χ3v) is 8.44. The molecule has 3 aromatic rings. The molecule has 4 nitrogen and oxygen atoms in total. The van der Waals surface area contributed by atoms with E-state index in [-0.39, 0.29) is 16.7 Å². The summed E-state index contributed by atoms with van der Waals surface area (Å²) in [4.78, 5) is 15.1. The predicted octanol–water partition coefficient (Wildman–Crippen LogP) is 4.81. The third kappa shape index (κ3) is 4.91. The summed E-state index contributed by atoms with van der Waals surface area (Å²) in [7, 11) is -3.54. The molecule has 1 saturated heterocycles. The van der Waals surface area contributed by atoms with E-state index in [1.807, 2.05) is 60.7 Å².